The molecule has 1 aromatic carbocycles. The predicted octanol–water partition coefficient (Wildman–Crippen LogP) is 2.52. The molecular formula is C15H19N3O2. The van der Waals surface area contributed by atoms with Crippen LogP contribution in [0.15, 0.2) is 36.5 Å². The summed E-state index contributed by atoms with van der Waals surface area (Å²) in [5, 5.41) is 9.49. The maximum Gasteiger partial charge on any atom is 0.254 e. The number of anilines is 1. The summed E-state index contributed by atoms with van der Waals surface area (Å²) in [7, 11) is 0. The number of nitrogens with zero attached hydrogens (tertiary/aromatic N) is 1. The SMILES string of the molecule is CCc1cn[nH]c1NC(=O)C(C)OCc1ccccc1. The molecule has 0 aliphatic carbocycles. The summed E-state index contributed by atoms with van der Waals surface area (Å²) in [5.74, 6) is 0.465. The molecule has 2 N–H and O–H groups in total. The molecule has 1 heterocycles. The van der Waals surface area contributed by atoms with Crippen LogP contribution in [0.3, 0.4) is 0 Å². The summed E-state index contributed by atoms with van der Waals surface area (Å²) in [6.45, 7) is 4.16. The third kappa shape index (κ3) is 3.68. The van der Waals surface area contributed by atoms with Gasteiger partial charge in [-0.05, 0) is 18.9 Å². The number of aryl methyl sites for hydroxylation is 1. The lowest BCUT2D eigenvalue weighted by Gasteiger charge is -2.13. The van der Waals surface area contributed by atoms with Gasteiger partial charge in [0.1, 0.15) is 11.9 Å². The fourth-order valence-corrected chi connectivity index (χ4v) is 1.78. The molecule has 0 aliphatic heterocycles. The van der Waals surface area contributed by atoms with E-state index in [2.05, 4.69) is 15.5 Å². The van der Waals surface area contributed by atoms with E-state index in [1.54, 1.807) is 13.1 Å². The van der Waals surface area contributed by atoms with Crippen LogP contribution in [0.25, 0.3) is 0 Å². The molecule has 5 heteroatoms. The Morgan fingerprint density at radius 3 is 2.85 bits per heavy atom. The highest BCUT2D eigenvalue weighted by Gasteiger charge is 2.15. The molecule has 1 amide bonds. The monoisotopic (exact) mass is 273 g/mol. The molecule has 0 bridgehead atoms. The average Bonchev–Trinajstić information content (AvgIpc) is 2.93. The van der Waals surface area contributed by atoms with Crippen molar-refractivity contribution in [3.05, 3.63) is 47.7 Å². The van der Waals surface area contributed by atoms with Crippen molar-refractivity contribution in [3.8, 4) is 0 Å². The zero-order chi connectivity index (χ0) is 14.4. The summed E-state index contributed by atoms with van der Waals surface area (Å²) >= 11 is 0. The number of hydrogen-bond acceptors (Lipinski definition) is 3. The van der Waals surface area contributed by atoms with E-state index < -0.39 is 6.10 Å². The van der Waals surface area contributed by atoms with Crippen LogP contribution in [0.4, 0.5) is 5.82 Å². The molecule has 1 atom stereocenters. The molecule has 0 aliphatic rings. The number of aromatic amines is 1. The van der Waals surface area contributed by atoms with Gasteiger partial charge in [-0.1, -0.05) is 37.3 Å². The van der Waals surface area contributed by atoms with E-state index in [1.807, 2.05) is 37.3 Å². The van der Waals surface area contributed by atoms with Gasteiger partial charge in [-0.2, -0.15) is 5.10 Å². The number of rotatable bonds is 6. The van der Waals surface area contributed by atoms with Crippen molar-refractivity contribution in [2.24, 2.45) is 0 Å². The molecule has 5 nitrogen and oxygen atoms in total. The second kappa shape index (κ2) is 6.86. The van der Waals surface area contributed by atoms with Gasteiger partial charge in [-0.25, -0.2) is 0 Å². The fourth-order valence-electron chi connectivity index (χ4n) is 1.78. The van der Waals surface area contributed by atoms with Gasteiger partial charge < -0.3 is 10.1 Å². The van der Waals surface area contributed by atoms with Crippen molar-refractivity contribution in [3.63, 3.8) is 0 Å². The first kappa shape index (κ1) is 14.3. The number of H-pyrrole nitrogens is 1. The molecule has 0 saturated heterocycles. The topological polar surface area (TPSA) is 67.0 Å². The molecule has 0 radical (unpaired) electrons. The van der Waals surface area contributed by atoms with E-state index in [0.29, 0.717) is 12.4 Å². The van der Waals surface area contributed by atoms with Crippen LogP contribution in [0, 0.1) is 0 Å². The van der Waals surface area contributed by atoms with Gasteiger partial charge in [0.2, 0.25) is 0 Å². The van der Waals surface area contributed by atoms with Gasteiger partial charge >= 0.3 is 0 Å². The molecule has 0 spiro atoms. The number of benzene rings is 1. The Hall–Kier alpha value is -2.14. The highest BCUT2D eigenvalue weighted by molar-refractivity contribution is 5.93. The van der Waals surface area contributed by atoms with Gasteiger partial charge in [0.05, 0.1) is 12.8 Å². The van der Waals surface area contributed by atoms with Crippen LogP contribution in [-0.4, -0.2) is 22.2 Å². The van der Waals surface area contributed by atoms with Crippen molar-refractivity contribution in [1.82, 2.24) is 10.2 Å². The highest BCUT2D eigenvalue weighted by atomic mass is 16.5. The third-order valence-corrected chi connectivity index (χ3v) is 3.06. The molecular weight excluding hydrogens is 254 g/mol. The first-order valence-electron chi connectivity index (χ1n) is 6.69. The standard InChI is InChI=1S/C15H19N3O2/c1-3-13-9-16-18-14(13)17-15(19)11(2)20-10-12-7-5-4-6-8-12/h4-9,11H,3,10H2,1-2H3,(H2,16,17,18,19). The van der Waals surface area contributed by atoms with Gasteiger partial charge in [0.15, 0.2) is 0 Å². The molecule has 2 aromatic rings. The van der Waals surface area contributed by atoms with Crippen LogP contribution in [0.1, 0.15) is 25.0 Å². The molecule has 0 saturated carbocycles. The van der Waals surface area contributed by atoms with Crippen molar-refractivity contribution in [2.75, 3.05) is 5.32 Å². The lowest BCUT2D eigenvalue weighted by Crippen LogP contribution is -2.28. The first-order chi connectivity index (χ1) is 9.70. The summed E-state index contributed by atoms with van der Waals surface area (Å²) < 4.78 is 5.57. The van der Waals surface area contributed by atoms with Crippen molar-refractivity contribution in [1.29, 1.82) is 0 Å². The fraction of sp³-hybridized carbons (Fsp3) is 0.333. The third-order valence-electron chi connectivity index (χ3n) is 3.06. The Labute approximate surface area is 118 Å². The van der Waals surface area contributed by atoms with Gasteiger partial charge in [-0.3, -0.25) is 9.89 Å². The highest BCUT2D eigenvalue weighted by Crippen LogP contribution is 2.12. The van der Waals surface area contributed by atoms with Crippen molar-refractivity contribution in [2.45, 2.75) is 33.0 Å². The minimum absolute atomic E-state index is 0.181. The first-order valence-corrected chi connectivity index (χ1v) is 6.69. The van der Waals surface area contributed by atoms with E-state index in [1.165, 1.54) is 0 Å². The number of ether oxygens (including phenoxy) is 1. The molecule has 1 aromatic heterocycles. The lowest BCUT2D eigenvalue weighted by atomic mass is 10.2. The van der Waals surface area contributed by atoms with Crippen LogP contribution >= 0.6 is 0 Å². The smallest absolute Gasteiger partial charge is 0.254 e. The lowest BCUT2D eigenvalue weighted by molar-refractivity contribution is -0.127. The normalized spacial score (nSPS) is 12.1. The van der Waals surface area contributed by atoms with E-state index >= 15 is 0 Å². The Kier molecular flexibility index (Phi) is 4.90. The van der Waals surface area contributed by atoms with E-state index in [9.17, 15) is 4.79 Å². The predicted molar refractivity (Wildman–Crippen MR) is 77.3 cm³/mol. The van der Waals surface area contributed by atoms with Crippen LogP contribution in [-0.2, 0) is 22.6 Å². The number of amides is 1. The van der Waals surface area contributed by atoms with Crippen molar-refractivity contribution >= 4 is 11.7 Å². The van der Waals surface area contributed by atoms with E-state index in [-0.39, 0.29) is 5.91 Å². The number of carbonyl (C=O) groups excluding carboxylic acids is 1. The van der Waals surface area contributed by atoms with Gasteiger partial charge in [0, 0.05) is 5.56 Å². The van der Waals surface area contributed by atoms with Gasteiger partial charge in [0.25, 0.3) is 5.91 Å². The number of hydrogen-bond donors (Lipinski definition) is 2. The van der Waals surface area contributed by atoms with Crippen LogP contribution in [0.5, 0.6) is 0 Å². The second-order valence-electron chi connectivity index (χ2n) is 4.55. The minimum Gasteiger partial charge on any atom is -0.364 e. The number of nitrogens with one attached hydrogen (secondary N) is 2. The molecule has 0 fully saturated rings. The molecule has 20 heavy (non-hydrogen) atoms. The summed E-state index contributed by atoms with van der Waals surface area (Å²) in [6, 6.07) is 9.77. The molecule has 1 unspecified atom stereocenters. The van der Waals surface area contributed by atoms with Crippen LogP contribution in [0.2, 0.25) is 0 Å². The summed E-state index contributed by atoms with van der Waals surface area (Å²) in [6.07, 6.45) is 2.00. The Balaban J connectivity index is 1.86. The average molecular weight is 273 g/mol. The second-order valence-corrected chi connectivity index (χ2v) is 4.55. The Morgan fingerprint density at radius 1 is 1.40 bits per heavy atom. The molecule has 2 rings (SSSR count). The van der Waals surface area contributed by atoms with Crippen LogP contribution < -0.4 is 5.32 Å². The quantitative estimate of drug-likeness (QED) is 0.849. The maximum absolute atomic E-state index is 12.0. The summed E-state index contributed by atoms with van der Waals surface area (Å²) in [4.78, 5) is 12.0. The van der Waals surface area contributed by atoms with E-state index in [0.717, 1.165) is 17.5 Å². The zero-order valence-electron chi connectivity index (χ0n) is 11.7. The maximum atomic E-state index is 12.0. The molecule has 106 valence electrons. The van der Waals surface area contributed by atoms with Gasteiger partial charge in [-0.15, -0.1) is 0 Å². The van der Waals surface area contributed by atoms with E-state index in [4.69, 9.17) is 4.74 Å². The number of carbonyl (C=O) groups is 1. The Bertz CT molecular complexity index is 551. The number of aromatic nitrogens is 2. The summed E-state index contributed by atoms with van der Waals surface area (Å²) in [5.41, 5.74) is 2.02. The minimum atomic E-state index is -0.525. The Morgan fingerprint density at radius 2 is 2.15 bits per heavy atom. The van der Waals surface area contributed by atoms with Crippen molar-refractivity contribution < 1.29 is 9.53 Å². The largest absolute Gasteiger partial charge is 0.364 e. The zero-order valence-corrected chi connectivity index (χ0v) is 11.7.